The first kappa shape index (κ1) is 32.8. The molecule has 0 heterocycles. The van der Waals surface area contributed by atoms with Crippen LogP contribution in [0.15, 0.2) is 42.0 Å². The standard InChI is InChI=1S/C28H29Cl2IN2O8/c1-3-22(36)28(39)33(13-15-4-5-18(29)19(30)8-15)21-11-17(27(38)32-6-7-34)12-23(25(21)37)41-26-20(31)9-16(14-35)10-24(26)40-2/h4-5,8-10,12,14,21,23,25,34,37H,3,6-7,11,13H2,1-2H3,(H,32,38). The van der Waals surface area contributed by atoms with Gasteiger partial charge >= 0.3 is 0 Å². The minimum absolute atomic E-state index is 0.0198. The van der Waals surface area contributed by atoms with E-state index >= 15 is 0 Å². The molecule has 220 valence electrons. The van der Waals surface area contributed by atoms with Gasteiger partial charge in [-0.2, -0.15) is 0 Å². The van der Waals surface area contributed by atoms with Gasteiger partial charge in [-0.1, -0.05) is 36.2 Å². The summed E-state index contributed by atoms with van der Waals surface area (Å²) in [6.07, 6.45) is -0.666. The molecule has 0 bridgehead atoms. The second kappa shape index (κ2) is 15.0. The molecule has 0 aliphatic heterocycles. The topological polar surface area (TPSA) is 142 Å². The molecule has 0 aromatic heterocycles. The number of aliphatic hydroxyl groups is 2. The lowest BCUT2D eigenvalue weighted by Gasteiger charge is -2.40. The Morgan fingerprint density at radius 1 is 1.20 bits per heavy atom. The summed E-state index contributed by atoms with van der Waals surface area (Å²) >= 11 is 14.2. The molecule has 3 N–H and O–H groups in total. The number of amides is 2. The van der Waals surface area contributed by atoms with E-state index in [1.54, 1.807) is 31.2 Å². The Labute approximate surface area is 260 Å². The third kappa shape index (κ3) is 7.98. The number of nitrogens with one attached hydrogen (secondary N) is 1. The summed E-state index contributed by atoms with van der Waals surface area (Å²) in [5.41, 5.74) is 1.06. The van der Waals surface area contributed by atoms with Crippen LogP contribution in [-0.2, 0) is 20.9 Å². The molecule has 0 saturated heterocycles. The molecule has 13 heteroatoms. The van der Waals surface area contributed by atoms with Gasteiger partial charge in [0.1, 0.15) is 18.5 Å². The van der Waals surface area contributed by atoms with Crippen molar-refractivity contribution in [1.29, 1.82) is 0 Å². The zero-order chi connectivity index (χ0) is 30.3. The zero-order valence-corrected chi connectivity index (χ0v) is 25.9. The van der Waals surface area contributed by atoms with Crippen LogP contribution in [0.5, 0.6) is 11.5 Å². The lowest BCUT2D eigenvalue weighted by molar-refractivity contribution is -0.149. The predicted molar refractivity (Wildman–Crippen MR) is 160 cm³/mol. The van der Waals surface area contributed by atoms with Crippen molar-refractivity contribution in [2.45, 2.75) is 44.6 Å². The smallest absolute Gasteiger partial charge is 0.290 e. The van der Waals surface area contributed by atoms with E-state index in [4.69, 9.17) is 32.7 Å². The quantitative estimate of drug-likeness (QED) is 0.172. The minimum atomic E-state index is -1.40. The van der Waals surface area contributed by atoms with Gasteiger partial charge in [0.25, 0.3) is 5.91 Å². The fourth-order valence-corrected chi connectivity index (χ4v) is 5.40. The highest BCUT2D eigenvalue weighted by atomic mass is 127. The Morgan fingerprint density at radius 3 is 2.54 bits per heavy atom. The van der Waals surface area contributed by atoms with E-state index in [0.29, 0.717) is 26.0 Å². The number of nitrogens with zero attached hydrogens (tertiary/aromatic N) is 1. The van der Waals surface area contributed by atoms with Gasteiger partial charge in [0.2, 0.25) is 11.7 Å². The summed E-state index contributed by atoms with van der Waals surface area (Å²) in [5, 5.41) is 23.9. The van der Waals surface area contributed by atoms with Crippen molar-refractivity contribution >= 4 is 69.7 Å². The molecule has 2 aromatic rings. The van der Waals surface area contributed by atoms with E-state index in [0.717, 1.165) is 0 Å². The third-order valence-electron chi connectivity index (χ3n) is 6.41. The first-order chi connectivity index (χ1) is 19.5. The van der Waals surface area contributed by atoms with Crippen molar-refractivity contribution in [1.82, 2.24) is 10.2 Å². The maximum Gasteiger partial charge on any atom is 0.290 e. The summed E-state index contributed by atoms with van der Waals surface area (Å²) in [4.78, 5) is 51.5. The first-order valence-electron chi connectivity index (χ1n) is 12.6. The maximum atomic E-state index is 13.4. The summed E-state index contributed by atoms with van der Waals surface area (Å²) in [6.45, 7) is 1.12. The maximum absolute atomic E-state index is 13.4. The van der Waals surface area contributed by atoms with Crippen LogP contribution in [0, 0.1) is 3.57 Å². The Kier molecular flexibility index (Phi) is 12.0. The number of ether oxygens (including phenoxy) is 2. The van der Waals surface area contributed by atoms with Gasteiger partial charge in [0.15, 0.2) is 11.5 Å². The predicted octanol–water partition coefficient (Wildman–Crippen LogP) is 3.34. The number of hydrogen-bond donors (Lipinski definition) is 3. The van der Waals surface area contributed by atoms with Crippen LogP contribution in [0.4, 0.5) is 0 Å². The van der Waals surface area contributed by atoms with E-state index < -0.39 is 35.8 Å². The van der Waals surface area contributed by atoms with E-state index in [1.165, 1.54) is 24.2 Å². The van der Waals surface area contributed by atoms with Gasteiger partial charge in [-0.15, -0.1) is 0 Å². The number of Topliss-reactive ketones (excluding diaryl/α,β-unsaturated/α-hetero) is 1. The molecule has 3 unspecified atom stereocenters. The van der Waals surface area contributed by atoms with Gasteiger partial charge in [-0.25, -0.2) is 0 Å². The summed E-state index contributed by atoms with van der Waals surface area (Å²) in [5.74, 6) is -1.64. The van der Waals surface area contributed by atoms with Crippen molar-refractivity contribution in [2.24, 2.45) is 0 Å². The van der Waals surface area contributed by atoms with Crippen molar-refractivity contribution in [3.63, 3.8) is 0 Å². The van der Waals surface area contributed by atoms with Crippen LogP contribution in [-0.4, -0.2) is 77.5 Å². The second-order valence-corrected chi connectivity index (χ2v) is 11.1. The van der Waals surface area contributed by atoms with Gasteiger partial charge in [-0.3, -0.25) is 19.2 Å². The lowest BCUT2D eigenvalue weighted by atomic mass is 9.87. The molecule has 0 fully saturated rings. The summed E-state index contributed by atoms with van der Waals surface area (Å²) in [7, 11) is 1.39. The van der Waals surface area contributed by atoms with Crippen LogP contribution in [0.1, 0.15) is 35.7 Å². The fraction of sp³-hybridized carbons (Fsp3) is 0.357. The Morgan fingerprint density at radius 2 is 1.93 bits per heavy atom. The van der Waals surface area contributed by atoms with Gasteiger partial charge in [-0.05, 0) is 58.5 Å². The second-order valence-electron chi connectivity index (χ2n) is 9.13. The molecule has 1 aliphatic rings. The largest absolute Gasteiger partial charge is 0.493 e. The Bertz CT molecular complexity index is 1350. The molecule has 2 amide bonds. The lowest BCUT2D eigenvalue weighted by Crippen LogP contribution is -2.56. The molecule has 0 spiro atoms. The molecule has 3 atom stereocenters. The van der Waals surface area contributed by atoms with Crippen molar-refractivity contribution in [3.05, 3.63) is 66.7 Å². The van der Waals surface area contributed by atoms with E-state index in [2.05, 4.69) is 5.32 Å². The molecule has 3 rings (SSSR count). The zero-order valence-electron chi connectivity index (χ0n) is 22.2. The summed E-state index contributed by atoms with van der Waals surface area (Å²) in [6, 6.07) is 6.70. The van der Waals surface area contributed by atoms with Gasteiger partial charge in [0, 0.05) is 37.1 Å². The van der Waals surface area contributed by atoms with Crippen molar-refractivity contribution in [3.8, 4) is 11.5 Å². The Hall–Kier alpha value is -2.71. The number of carbonyl (C=O) groups excluding carboxylic acids is 4. The van der Waals surface area contributed by atoms with Crippen LogP contribution in [0.3, 0.4) is 0 Å². The highest BCUT2D eigenvalue weighted by Crippen LogP contribution is 2.37. The first-order valence-corrected chi connectivity index (χ1v) is 14.4. The number of halogens is 3. The third-order valence-corrected chi connectivity index (χ3v) is 7.95. The van der Waals surface area contributed by atoms with Crippen LogP contribution in [0.2, 0.25) is 10.0 Å². The molecular weight excluding hydrogens is 690 g/mol. The fourth-order valence-electron chi connectivity index (χ4n) is 4.32. The number of rotatable bonds is 12. The SMILES string of the molecule is CCC(=O)C(=O)N(Cc1ccc(Cl)c(Cl)c1)C1CC(C(=O)NCCO)=CC(Oc2c(I)cc(C=O)cc2OC)C1O. The highest BCUT2D eigenvalue weighted by Gasteiger charge is 2.42. The molecule has 0 saturated carbocycles. The van der Waals surface area contributed by atoms with Crippen LogP contribution < -0.4 is 14.8 Å². The molecular formula is C28H29Cl2IN2O8. The average molecular weight is 719 g/mol. The average Bonchev–Trinajstić information content (AvgIpc) is 2.97. The van der Waals surface area contributed by atoms with Crippen LogP contribution >= 0.6 is 45.8 Å². The van der Waals surface area contributed by atoms with E-state index in [-0.39, 0.29) is 54.6 Å². The van der Waals surface area contributed by atoms with Gasteiger partial charge in [0.05, 0.1) is 33.4 Å². The highest BCUT2D eigenvalue weighted by molar-refractivity contribution is 14.1. The van der Waals surface area contributed by atoms with Crippen LogP contribution in [0.25, 0.3) is 0 Å². The molecule has 1 aliphatic carbocycles. The number of benzene rings is 2. The number of aldehydes is 1. The number of methoxy groups -OCH3 is 1. The van der Waals surface area contributed by atoms with Crippen molar-refractivity contribution in [2.75, 3.05) is 20.3 Å². The number of carbonyl (C=O) groups is 4. The monoisotopic (exact) mass is 718 g/mol. The normalized spacial score (nSPS) is 18.2. The minimum Gasteiger partial charge on any atom is -0.493 e. The molecule has 0 radical (unpaired) electrons. The van der Waals surface area contributed by atoms with Crippen molar-refractivity contribution < 1.29 is 38.9 Å². The number of aliphatic hydroxyl groups excluding tert-OH is 2. The number of hydrogen-bond acceptors (Lipinski definition) is 8. The molecule has 10 nitrogen and oxygen atoms in total. The Balaban J connectivity index is 2.08. The molecule has 2 aromatic carbocycles. The van der Waals surface area contributed by atoms with E-state index in [1.807, 2.05) is 22.6 Å². The van der Waals surface area contributed by atoms with Gasteiger partial charge < -0.3 is 29.9 Å². The summed E-state index contributed by atoms with van der Waals surface area (Å²) < 4.78 is 12.1. The molecule has 41 heavy (non-hydrogen) atoms. The van der Waals surface area contributed by atoms with E-state index in [9.17, 15) is 29.4 Å². The number of ketones is 1.